The molecule has 1 aliphatic carbocycles. The molecule has 6 N–H and O–H groups in total. The molecule has 8 atom stereocenters. The van der Waals surface area contributed by atoms with Crippen molar-refractivity contribution < 1.29 is 63.1 Å². The minimum absolute atomic E-state index is 0.0338. The fourth-order valence-corrected chi connectivity index (χ4v) is 7.56. The van der Waals surface area contributed by atoms with Gasteiger partial charge in [-0.25, -0.2) is 9.36 Å². The molecule has 342 valence electrons. The molecule has 0 amide bonds. The van der Waals surface area contributed by atoms with Crippen LogP contribution in [0.3, 0.4) is 0 Å². The first-order valence-corrected chi connectivity index (χ1v) is 24.0. The van der Waals surface area contributed by atoms with Crippen molar-refractivity contribution in [2.45, 2.75) is 211 Å². The molecule has 1 aliphatic rings. The Hall–Kier alpha value is -2.19. The molecular weight excluding hydrogens is 779 g/mol. The lowest BCUT2D eigenvalue weighted by Crippen LogP contribution is -2.64. The van der Waals surface area contributed by atoms with Crippen molar-refractivity contribution >= 4 is 19.8 Å². The Morgan fingerprint density at radius 3 is 1.56 bits per heavy atom. The van der Waals surface area contributed by atoms with E-state index in [1.165, 1.54) is 108 Å². The van der Waals surface area contributed by atoms with Crippen molar-refractivity contribution in [3.05, 3.63) is 48.6 Å². The zero-order valence-electron chi connectivity index (χ0n) is 36.0. The number of hydrogen-bond donors (Lipinski definition) is 6. The van der Waals surface area contributed by atoms with E-state index in [-0.39, 0.29) is 6.42 Å². The fraction of sp³-hybridized carbons (Fsp3) is 0.778. The van der Waals surface area contributed by atoms with E-state index < -0.39 is 75.7 Å². The lowest BCUT2D eigenvalue weighted by Gasteiger charge is -2.41. The standard InChI is InChI=1S/C45H79O13P/c1-3-5-7-9-11-13-15-17-19-21-23-25-27-29-31-33-38(46)55-35-37(36-56-59(53,54)58-45-43(51)41(49)40(48)42(50)44(45)52)57-39(47)34-32-30-28-26-24-22-20-18-16-14-12-10-8-6-4-2/h18,20,24,26-27,29,31,33,37,40-45,48-52H,3-17,19,21-23,25,28,30,32,34-36H2,1-2H3,(H,53,54)/b20-18+,26-24+,29-27+,33-31+/t37-,40?,41-,42?,43?,44?,45?/m1/s1. The minimum Gasteiger partial charge on any atom is -0.458 e. The smallest absolute Gasteiger partial charge is 0.458 e. The molecular formula is C45H79O13P. The highest BCUT2D eigenvalue weighted by molar-refractivity contribution is 7.47. The molecule has 0 radical (unpaired) electrons. The van der Waals surface area contributed by atoms with Crippen LogP contribution in [0, 0.1) is 0 Å². The highest BCUT2D eigenvalue weighted by atomic mass is 31.2. The molecule has 13 nitrogen and oxygen atoms in total. The summed E-state index contributed by atoms with van der Waals surface area (Å²) in [6.45, 7) is 3.15. The number of aliphatic hydroxyl groups is 5. The first-order chi connectivity index (χ1) is 28.4. The summed E-state index contributed by atoms with van der Waals surface area (Å²) in [5, 5.41) is 50.1. The molecule has 6 unspecified atom stereocenters. The van der Waals surface area contributed by atoms with Crippen molar-refractivity contribution in [2.24, 2.45) is 0 Å². The number of carbonyl (C=O) groups excluding carboxylic acids is 2. The predicted octanol–water partition coefficient (Wildman–Crippen LogP) is 8.39. The van der Waals surface area contributed by atoms with Crippen molar-refractivity contribution in [2.75, 3.05) is 13.2 Å². The lowest BCUT2D eigenvalue weighted by molar-refractivity contribution is -0.220. The van der Waals surface area contributed by atoms with Crippen LogP contribution in [0.15, 0.2) is 48.6 Å². The number of esters is 2. The first-order valence-electron chi connectivity index (χ1n) is 22.5. The van der Waals surface area contributed by atoms with Gasteiger partial charge in [0, 0.05) is 12.5 Å². The van der Waals surface area contributed by atoms with Crippen LogP contribution in [0.4, 0.5) is 0 Å². The number of aliphatic hydroxyl groups excluding tert-OH is 5. The third kappa shape index (κ3) is 28.1. The fourth-order valence-electron chi connectivity index (χ4n) is 6.58. The molecule has 0 heterocycles. The second kappa shape index (κ2) is 35.4. The normalized spacial score (nSPS) is 22.8. The van der Waals surface area contributed by atoms with E-state index in [2.05, 4.69) is 38.2 Å². The van der Waals surface area contributed by atoms with Crippen LogP contribution in [0.1, 0.15) is 168 Å². The van der Waals surface area contributed by atoms with Gasteiger partial charge in [-0.05, 0) is 51.4 Å². The van der Waals surface area contributed by atoms with Crippen molar-refractivity contribution in [3.63, 3.8) is 0 Å². The Morgan fingerprint density at radius 1 is 0.576 bits per heavy atom. The molecule has 0 aromatic heterocycles. The molecule has 59 heavy (non-hydrogen) atoms. The van der Waals surface area contributed by atoms with Gasteiger partial charge in [0.05, 0.1) is 6.61 Å². The van der Waals surface area contributed by atoms with Crippen molar-refractivity contribution in [3.8, 4) is 0 Å². The summed E-state index contributed by atoms with van der Waals surface area (Å²) in [5.41, 5.74) is 0. The molecule has 0 bridgehead atoms. The van der Waals surface area contributed by atoms with Crippen LogP contribution in [-0.4, -0.2) is 98.3 Å². The molecule has 1 fully saturated rings. The lowest BCUT2D eigenvalue weighted by atomic mass is 9.85. The maximum atomic E-state index is 12.8. The van der Waals surface area contributed by atoms with Gasteiger partial charge in [-0.3, -0.25) is 13.8 Å². The maximum absolute atomic E-state index is 12.8. The Morgan fingerprint density at radius 2 is 1.03 bits per heavy atom. The summed E-state index contributed by atoms with van der Waals surface area (Å²) in [6, 6.07) is 0. The Bertz CT molecular complexity index is 1220. The SMILES string of the molecule is CCCCCCCC/C=C/C/C=C/CCCCC(=O)O[C@H](COC(=O)/C=C/C=C/CCCCCCCCCCCCC)COP(=O)(O)OC1C(O)C(O)C(O)[C@@H](O)C1O. The van der Waals surface area contributed by atoms with Crippen molar-refractivity contribution in [1.82, 2.24) is 0 Å². The summed E-state index contributed by atoms with van der Waals surface area (Å²) in [5.74, 6) is -1.39. The van der Waals surface area contributed by atoms with Crippen LogP contribution >= 0.6 is 7.82 Å². The van der Waals surface area contributed by atoms with Gasteiger partial charge in [0.15, 0.2) is 6.10 Å². The topological polar surface area (TPSA) is 210 Å². The van der Waals surface area contributed by atoms with E-state index in [0.717, 1.165) is 44.9 Å². The highest BCUT2D eigenvalue weighted by Gasteiger charge is 2.51. The Kier molecular flexibility index (Phi) is 32.9. The summed E-state index contributed by atoms with van der Waals surface area (Å²) < 4.78 is 33.2. The minimum atomic E-state index is -5.14. The van der Waals surface area contributed by atoms with Gasteiger partial charge in [0.2, 0.25) is 0 Å². The van der Waals surface area contributed by atoms with Gasteiger partial charge in [0.1, 0.15) is 43.2 Å². The molecule has 0 aliphatic heterocycles. The number of hydrogen-bond acceptors (Lipinski definition) is 12. The van der Waals surface area contributed by atoms with E-state index in [9.17, 15) is 44.6 Å². The van der Waals surface area contributed by atoms with Crippen LogP contribution in [0.5, 0.6) is 0 Å². The number of ether oxygens (including phenoxy) is 2. The number of allylic oxidation sites excluding steroid dienone is 7. The van der Waals surface area contributed by atoms with Crippen LogP contribution < -0.4 is 0 Å². The largest absolute Gasteiger partial charge is 0.472 e. The van der Waals surface area contributed by atoms with E-state index in [4.69, 9.17) is 18.5 Å². The molecule has 0 saturated heterocycles. The van der Waals surface area contributed by atoms with Crippen molar-refractivity contribution in [1.29, 1.82) is 0 Å². The van der Waals surface area contributed by atoms with Gasteiger partial charge in [-0.15, -0.1) is 0 Å². The Balaban J connectivity index is 2.56. The Labute approximate surface area is 354 Å². The zero-order chi connectivity index (χ0) is 43.6. The number of phosphoric ester groups is 1. The van der Waals surface area contributed by atoms with Gasteiger partial charge in [0.25, 0.3) is 0 Å². The maximum Gasteiger partial charge on any atom is 0.472 e. The van der Waals surface area contributed by atoms with E-state index in [1.807, 2.05) is 6.08 Å². The number of phosphoric acid groups is 1. The highest BCUT2D eigenvalue weighted by Crippen LogP contribution is 2.47. The summed E-state index contributed by atoms with van der Waals surface area (Å²) >= 11 is 0. The molecule has 0 aromatic carbocycles. The number of carbonyl (C=O) groups is 2. The summed E-state index contributed by atoms with van der Waals surface area (Å²) in [7, 11) is -5.14. The van der Waals surface area contributed by atoms with Gasteiger partial charge in [-0.1, -0.05) is 153 Å². The molecule has 0 aromatic rings. The molecule has 0 spiro atoms. The van der Waals surface area contributed by atoms with Crippen LogP contribution in [0.2, 0.25) is 0 Å². The summed E-state index contributed by atoms with van der Waals surface area (Å²) in [4.78, 5) is 35.5. The van der Waals surface area contributed by atoms with Crippen LogP contribution in [-0.2, 0) is 32.7 Å². The third-order valence-corrected chi connectivity index (χ3v) is 11.2. The average Bonchev–Trinajstić information content (AvgIpc) is 3.21. The number of rotatable bonds is 36. The van der Waals surface area contributed by atoms with Gasteiger partial charge < -0.3 is 39.9 Å². The third-order valence-electron chi connectivity index (χ3n) is 10.2. The zero-order valence-corrected chi connectivity index (χ0v) is 36.9. The van der Waals surface area contributed by atoms with Gasteiger partial charge in [-0.2, -0.15) is 0 Å². The summed E-state index contributed by atoms with van der Waals surface area (Å²) in [6.07, 6.45) is 28.1. The van der Waals surface area contributed by atoms with E-state index in [0.29, 0.717) is 6.42 Å². The second-order valence-electron chi connectivity index (χ2n) is 15.6. The predicted molar refractivity (Wildman–Crippen MR) is 230 cm³/mol. The monoisotopic (exact) mass is 859 g/mol. The average molecular weight is 859 g/mol. The number of unbranched alkanes of at least 4 members (excludes halogenated alkanes) is 19. The van der Waals surface area contributed by atoms with E-state index >= 15 is 0 Å². The van der Waals surface area contributed by atoms with Crippen LogP contribution in [0.25, 0.3) is 0 Å². The van der Waals surface area contributed by atoms with E-state index in [1.54, 1.807) is 6.08 Å². The first kappa shape index (κ1) is 54.8. The quantitative estimate of drug-likeness (QED) is 0.00875. The second-order valence-corrected chi connectivity index (χ2v) is 17.0. The molecule has 1 rings (SSSR count). The van der Waals surface area contributed by atoms with Gasteiger partial charge >= 0.3 is 19.8 Å². The molecule has 1 saturated carbocycles. The molecule has 14 heteroatoms.